The molecule has 0 spiro atoms. The van der Waals surface area contributed by atoms with Gasteiger partial charge in [-0.3, -0.25) is 4.79 Å². The molecule has 1 aromatic carbocycles. The van der Waals surface area contributed by atoms with Crippen molar-refractivity contribution in [3.8, 4) is 11.8 Å². The fraction of sp³-hybridized carbons (Fsp3) is 0.500. The summed E-state index contributed by atoms with van der Waals surface area (Å²) in [6.07, 6.45) is 0.882. The number of nitriles is 1. The van der Waals surface area contributed by atoms with E-state index in [9.17, 15) is 4.79 Å². The number of carbonyl (C=O) groups excluding carboxylic acids is 1. The van der Waals surface area contributed by atoms with Crippen molar-refractivity contribution in [3.05, 3.63) is 29.8 Å². The van der Waals surface area contributed by atoms with Crippen LogP contribution in [0.15, 0.2) is 24.3 Å². The van der Waals surface area contributed by atoms with Crippen LogP contribution in [-0.4, -0.2) is 42.7 Å². The molecule has 2 aliphatic heterocycles. The maximum Gasteiger partial charge on any atom is 0.228 e. The Morgan fingerprint density at radius 2 is 2.10 bits per heavy atom. The Balaban J connectivity index is 1.49. The predicted molar refractivity (Wildman–Crippen MR) is 75.7 cm³/mol. The molecule has 1 aromatic rings. The summed E-state index contributed by atoms with van der Waals surface area (Å²) in [4.78, 5) is 14.1. The Labute approximate surface area is 124 Å². The summed E-state index contributed by atoms with van der Waals surface area (Å²) in [7, 11) is 0. The van der Waals surface area contributed by atoms with Gasteiger partial charge in [0.25, 0.3) is 0 Å². The molecule has 1 amide bonds. The molecule has 2 heterocycles. The van der Waals surface area contributed by atoms with Crippen LogP contribution < -0.4 is 4.74 Å². The van der Waals surface area contributed by atoms with E-state index in [1.165, 1.54) is 0 Å². The van der Waals surface area contributed by atoms with Crippen LogP contribution in [0.1, 0.15) is 18.9 Å². The van der Waals surface area contributed by atoms with Crippen LogP contribution >= 0.6 is 0 Å². The minimum Gasteiger partial charge on any atom is -0.487 e. The molecular formula is C16H18N2O3. The number of amides is 1. The van der Waals surface area contributed by atoms with Gasteiger partial charge in [-0.1, -0.05) is 0 Å². The van der Waals surface area contributed by atoms with E-state index in [0.29, 0.717) is 25.3 Å². The van der Waals surface area contributed by atoms with Gasteiger partial charge in [-0.15, -0.1) is 0 Å². The molecule has 21 heavy (non-hydrogen) atoms. The highest BCUT2D eigenvalue weighted by molar-refractivity contribution is 5.80. The normalized spacial score (nSPS) is 25.2. The van der Waals surface area contributed by atoms with Gasteiger partial charge in [-0.05, 0) is 37.6 Å². The molecule has 0 saturated carbocycles. The van der Waals surface area contributed by atoms with Crippen molar-refractivity contribution in [2.45, 2.75) is 25.6 Å². The van der Waals surface area contributed by atoms with Crippen LogP contribution in [0.4, 0.5) is 0 Å². The van der Waals surface area contributed by atoms with Gasteiger partial charge < -0.3 is 14.4 Å². The van der Waals surface area contributed by atoms with Crippen LogP contribution in [-0.2, 0) is 9.53 Å². The fourth-order valence-electron chi connectivity index (χ4n) is 2.78. The van der Waals surface area contributed by atoms with Crippen molar-refractivity contribution in [2.75, 3.05) is 19.7 Å². The summed E-state index contributed by atoms with van der Waals surface area (Å²) in [5.74, 6) is 0.921. The number of nitrogens with zero attached hydrogens (tertiary/aromatic N) is 2. The molecule has 5 heteroatoms. The first-order valence-electron chi connectivity index (χ1n) is 7.24. The van der Waals surface area contributed by atoms with E-state index in [1.807, 2.05) is 11.8 Å². The van der Waals surface area contributed by atoms with Crippen molar-refractivity contribution in [1.29, 1.82) is 5.26 Å². The molecule has 2 saturated heterocycles. The molecule has 0 bridgehead atoms. The largest absolute Gasteiger partial charge is 0.487 e. The minimum absolute atomic E-state index is 0.000798. The smallest absolute Gasteiger partial charge is 0.228 e. The highest BCUT2D eigenvalue weighted by Gasteiger charge is 2.39. The average Bonchev–Trinajstić information content (AvgIpc) is 2.88. The van der Waals surface area contributed by atoms with Crippen LogP contribution in [0.25, 0.3) is 0 Å². The molecule has 0 N–H and O–H groups in total. The van der Waals surface area contributed by atoms with Crippen LogP contribution in [0.2, 0.25) is 0 Å². The topological polar surface area (TPSA) is 62.6 Å². The lowest BCUT2D eigenvalue weighted by atomic mass is 9.98. The summed E-state index contributed by atoms with van der Waals surface area (Å²) >= 11 is 0. The van der Waals surface area contributed by atoms with E-state index < -0.39 is 0 Å². The first-order chi connectivity index (χ1) is 10.2. The number of carbonyl (C=O) groups is 1. The van der Waals surface area contributed by atoms with E-state index in [1.54, 1.807) is 24.3 Å². The maximum atomic E-state index is 12.3. The van der Waals surface area contributed by atoms with E-state index in [2.05, 4.69) is 6.07 Å². The van der Waals surface area contributed by atoms with Gasteiger partial charge in [0, 0.05) is 6.61 Å². The molecule has 3 rings (SSSR count). The van der Waals surface area contributed by atoms with Gasteiger partial charge in [0.05, 0.1) is 36.7 Å². The molecule has 2 fully saturated rings. The van der Waals surface area contributed by atoms with E-state index in [-0.39, 0.29) is 24.0 Å². The van der Waals surface area contributed by atoms with Crippen molar-refractivity contribution in [2.24, 2.45) is 5.92 Å². The summed E-state index contributed by atoms with van der Waals surface area (Å²) in [5.41, 5.74) is 0.614. The maximum absolute atomic E-state index is 12.3. The molecule has 110 valence electrons. The molecule has 0 unspecified atom stereocenters. The number of likely N-dealkylation sites (tertiary alicyclic amines) is 1. The van der Waals surface area contributed by atoms with Gasteiger partial charge in [0.1, 0.15) is 11.9 Å². The van der Waals surface area contributed by atoms with Crippen molar-refractivity contribution in [1.82, 2.24) is 4.90 Å². The third-order valence-corrected chi connectivity index (χ3v) is 4.14. The number of ether oxygens (including phenoxy) is 2. The Morgan fingerprint density at radius 1 is 1.38 bits per heavy atom. The first kappa shape index (κ1) is 13.9. The van der Waals surface area contributed by atoms with Gasteiger partial charge in [0.2, 0.25) is 5.91 Å². The summed E-state index contributed by atoms with van der Waals surface area (Å²) in [5, 5.41) is 8.74. The van der Waals surface area contributed by atoms with Crippen molar-refractivity contribution < 1.29 is 14.3 Å². The molecule has 0 aliphatic carbocycles. The van der Waals surface area contributed by atoms with Crippen LogP contribution in [0.5, 0.6) is 5.75 Å². The zero-order valence-corrected chi connectivity index (χ0v) is 12.0. The van der Waals surface area contributed by atoms with Crippen LogP contribution in [0.3, 0.4) is 0 Å². The molecule has 0 radical (unpaired) electrons. The Kier molecular flexibility index (Phi) is 3.80. The Bertz CT molecular complexity index is 558. The standard InChI is InChI=1S/C16H18N2O3/c1-11-15(6-7-20-11)16(19)18-9-14(10-18)21-13-4-2-12(8-17)3-5-13/h2-5,11,14-15H,6-7,9-10H2,1H3/t11-,15-/m1/s1. The number of hydrogen-bond acceptors (Lipinski definition) is 4. The lowest BCUT2D eigenvalue weighted by Gasteiger charge is -2.40. The highest BCUT2D eigenvalue weighted by Crippen LogP contribution is 2.26. The van der Waals surface area contributed by atoms with Gasteiger partial charge >= 0.3 is 0 Å². The van der Waals surface area contributed by atoms with Crippen molar-refractivity contribution in [3.63, 3.8) is 0 Å². The highest BCUT2D eigenvalue weighted by atomic mass is 16.5. The second-order valence-electron chi connectivity index (χ2n) is 5.59. The third-order valence-electron chi connectivity index (χ3n) is 4.14. The molecular weight excluding hydrogens is 268 g/mol. The molecule has 2 aliphatic rings. The summed E-state index contributed by atoms with van der Waals surface area (Å²) in [6, 6.07) is 9.11. The first-order valence-corrected chi connectivity index (χ1v) is 7.24. The quantitative estimate of drug-likeness (QED) is 0.846. The fourth-order valence-corrected chi connectivity index (χ4v) is 2.78. The second-order valence-corrected chi connectivity index (χ2v) is 5.59. The third kappa shape index (κ3) is 2.86. The minimum atomic E-state index is 0.000798. The number of benzene rings is 1. The van der Waals surface area contributed by atoms with Crippen molar-refractivity contribution >= 4 is 5.91 Å². The van der Waals surface area contributed by atoms with Gasteiger partial charge in [-0.2, -0.15) is 5.26 Å². The van der Waals surface area contributed by atoms with Crippen LogP contribution in [0, 0.1) is 17.2 Å². The predicted octanol–water partition coefficient (Wildman–Crippen LogP) is 1.57. The zero-order chi connectivity index (χ0) is 14.8. The Morgan fingerprint density at radius 3 is 2.67 bits per heavy atom. The summed E-state index contributed by atoms with van der Waals surface area (Å²) < 4.78 is 11.2. The van der Waals surface area contributed by atoms with Gasteiger partial charge in [-0.25, -0.2) is 0 Å². The molecule has 5 nitrogen and oxygen atoms in total. The van der Waals surface area contributed by atoms with E-state index >= 15 is 0 Å². The summed E-state index contributed by atoms with van der Waals surface area (Å²) in [6.45, 7) is 3.89. The molecule has 2 atom stereocenters. The van der Waals surface area contributed by atoms with Gasteiger partial charge in [0.15, 0.2) is 0 Å². The monoisotopic (exact) mass is 286 g/mol. The lowest BCUT2D eigenvalue weighted by molar-refractivity contribution is -0.145. The van der Waals surface area contributed by atoms with E-state index in [4.69, 9.17) is 14.7 Å². The number of rotatable bonds is 3. The number of hydrogen-bond donors (Lipinski definition) is 0. The lowest BCUT2D eigenvalue weighted by Crippen LogP contribution is -2.58. The zero-order valence-electron chi connectivity index (χ0n) is 12.0. The van der Waals surface area contributed by atoms with E-state index in [0.717, 1.165) is 12.2 Å². The SMILES string of the molecule is C[C@H]1OCC[C@H]1C(=O)N1CC(Oc2ccc(C#N)cc2)C1. The second kappa shape index (κ2) is 5.74. The Hall–Kier alpha value is -2.06. The average molecular weight is 286 g/mol. The molecule has 0 aromatic heterocycles.